The van der Waals surface area contributed by atoms with Gasteiger partial charge in [-0.2, -0.15) is 0 Å². The van der Waals surface area contributed by atoms with Crippen LogP contribution < -0.4 is 15.0 Å². The number of nitrogens with zero attached hydrogens (tertiary/aromatic N) is 3. The monoisotopic (exact) mass is 420 g/mol. The molecule has 0 saturated heterocycles. The van der Waals surface area contributed by atoms with Crippen LogP contribution in [0.4, 0.5) is 16.2 Å². The van der Waals surface area contributed by atoms with E-state index < -0.39 is 0 Å². The van der Waals surface area contributed by atoms with Crippen LogP contribution in [0.15, 0.2) is 60.9 Å². The first-order valence-corrected chi connectivity index (χ1v) is 7.92. The van der Waals surface area contributed by atoms with Gasteiger partial charge in [-0.25, -0.2) is 4.79 Å². The van der Waals surface area contributed by atoms with Gasteiger partial charge in [0.2, 0.25) is 0 Å². The number of amides is 2. The van der Waals surface area contributed by atoms with Gasteiger partial charge < -0.3 is 20.0 Å². The summed E-state index contributed by atoms with van der Waals surface area (Å²) in [6.07, 6.45) is 4.85. The molecule has 1 aromatic heterocycles. The Bertz CT molecular complexity index is 891. The van der Waals surface area contributed by atoms with Crippen LogP contribution in [0.3, 0.4) is 0 Å². The average molecular weight is 420 g/mol. The van der Waals surface area contributed by atoms with E-state index in [-0.39, 0.29) is 38.7 Å². The van der Waals surface area contributed by atoms with E-state index in [0.29, 0.717) is 18.2 Å². The second-order valence-electron chi connectivity index (χ2n) is 5.58. The number of ether oxygens (including phenoxy) is 1. The van der Waals surface area contributed by atoms with Gasteiger partial charge in [0.15, 0.2) is 0 Å². The summed E-state index contributed by atoms with van der Waals surface area (Å²) in [5, 5.41) is 2.91. The molecular formula is C19H15N4O2Y-. The number of urea groups is 1. The van der Waals surface area contributed by atoms with Crippen molar-refractivity contribution in [3.63, 3.8) is 0 Å². The van der Waals surface area contributed by atoms with E-state index in [0.717, 1.165) is 23.4 Å². The fourth-order valence-corrected chi connectivity index (χ4v) is 2.79. The molecule has 2 aromatic carbocycles. The molecule has 1 aliphatic rings. The van der Waals surface area contributed by atoms with Gasteiger partial charge in [0.05, 0.1) is 0 Å². The van der Waals surface area contributed by atoms with Crippen LogP contribution in [-0.2, 0) is 39.1 Å². The second kappa shape index (κ2) is 8.38. The molecule has 127 valence electrons. The van der Waals surface area contributed by atoms with Crippen molar-refractivity contribution in [1.82, 2.24) is 9.97 Å². The van der Waals surface area contributed by atoms with Crippen LogP contribution in [0.5, 0.6) is 11.6 Å². The summed E-state index contributed by atoms with van der Waals surface area (Å²) in [5.74, 6) is 1.11. The van der Waals surface area contributed by atoms with Crippen molar-refractivity contribution < 1.29 is 42.2 Å². The Hall–Kier alpha value is -2.31. The molecule has 1 aliphatic heterocycles. The number of carbonyl (C=O) groups excluding carboxylic acids is 1. The van der Waals surface area contributed by atoms with Crippen LogP contribution in [0.1, 0.15) is 5.56 Å². The topological polar surface area (TPSA) is 67.4 Å². The smallest absolute Gasteiger partial charge is 0.326 e. The molecule has 0 saturated carbocycles. The van der Waals surface area contributed by atoms with Crippen molar-refractivity contribution >= 4 is 17.4 Å². The predicted octanol–water partition coefficient (Wildman–Crippen LogP) is 3.66. The van der Waals surface area contributed by atoms with Gasteiger partial charge in [-0.3, -0.25) is 4.90 Å². The predicted molar refractivity (Wildman–Crippen MR) is 93.9 cm³/mol. The van der Waals surface area contributed by atoms with E-state index >= 15 is 0 Å². The molecule has 0 spiro atoms. The third kappa shape index (κ3) is 4.08. The van der Waals surface area contributed by atoms with Crippen LogP contribution >= 0.6 is 0 Å². The molecule has 1 N–H and O–H groups in total. The summed E-state index contributed by atoms with van der Waals surface area (Å²) in [5.41, 5.74) is 2.75. The first-order valence-electron chi connectivity index (χ1n) is 7.92. The maximum atomic E-state index is 12.5. The molecule has 1 radical (unpaired) electrons. The summed E-state index contributed by atoms with van der Waals surface area (Å²) in [6.45, 7) is 0.638. The Labute approximate surface area is 176 Å². The van der Waals surface area contributed by atoms with Crippen molar-refractivity contribution in [2.24, 2.45) is 0 Å². The van der Waals surface area contributed by atoms with E-state index in [1.165, 1.54) is 6.33 Å². The molecule has 0 bridgehead atoms. The minimum absolute atomic E-state index is 0. The zero-order valence-electron chi connectivity index (χ0n) is 13.9. The van der Waals surface area contributed by atoms with Gasteiger partial charge in [0.1, 0.15) is 11.6 Å². The Morgan fingerprint density at radius 3 is 2.81 bits per heavy atom. The molecule has 2 heterocycles. The number of hydrogen-bond acceptors (Lipinski definition) is 4. The quantitative estimate of drug-likeness (QED) is 0.657. The van der Waals surface area contributed by atoms with Crippen molar-refractivity contribution in [3.8, 4) is 11.6 Å². The Balaban J connectivity index is 0.00000196. The number of nitrogens with one attached hydrogen (secondary N) is 1. The number of para-hydroxylation sites is 1. The summed E-state index contributed by atoms with van der Waals surface area (Å²) in [6, 6.07) is 16.5. The van der Waals surface area contributed by atoms with E-state index in [1.807, 2.05) is 48.5 Å². The fraction of sp³-hybridized carbons (Fsp3) is 0.105. The number of fused-ring (bicyclic) bond motifs is 1. The SMILES string of the molecule is O=C(Nc1ccccc1)N1CCc2cc(Oc3c[c-]ncn3)ccc21.[Y]. The molecule has 4 rings (SSSR count). The van der Waals surface area contributed by atoms with Crippen molar-refractivity contribution in [2.45, 2.75) is 6.42 Å². The normalized spacial score (nSPS) is 12.1. The van der Waals surface area contributed by atoms with Crippen LogP contribution in [0, 0.1) is 6.20 Å². The van der Waals surface area contributed by atoms with Crippen LogP contribution in [-0.4, -0.2) is 22.5 Å². The van der Waals surface area contributed by atoms with Gasteiger partial charge >= 0.3 is 6.03 Å². The van der Waals surface area contributed by atoms with Crippen molar-refractivity contribution in [3.05, 3.63) is 72.7 Å². The molecule has 3 aromatic rings. The first-order chi connectivity index (χ1) is 12.3. The van der Waals surface area contributed by atoms with Crippen LogP contribution in [0.25, 0.3) is 0 Å². The van der Waals surface area contributed by atoms with Gasteiger partial charge in [-0.05, 0) is 42.3 Å². The number of benzene rings is 2. The number of aromatic nitrogens is 2. The molecule has 0 atom stereocenters. The van der Waals surface area contributed by atoms with E-state index in [9.17, 15) is 4.79 Å². The van der Waals surface area contributed by atoms with E-state index in [4.69, 9.17) is 4.74 Å². The first kappa shape index (κ1) is 18.5. The largest absolute Gasteiger partial charge is 0.499 e. The Morgan fingerprint density at radius 2 is 2.04 bits per heavy atom. The zero-order chi connectivity index (χ0) is 17.1. The fourth-order valence-electron chi connectivity index (χ4n) is 2.79. The Kier molecular flexibility index (Phi) is 5.96. The molecular weight excluding hydrogens is 405 g/mol. The van der Waals surface area contributed by atoms with Gasteiger partial charge in [0, 0.05) is 57.0 Å². The number of rotatable bonds is 3. The van der Waals surface area contributed by atoms with Gasteiger partial charge in [0.25, 0.3) is 0 Å². The molecule has 0 fully saturated rings. The third-order valence-electron chi connectivity index (χ3n) is 3.94. The average Bonchev–Trinajstić information content (AvgIpc) is 3.07. The maximum absolute atomic E-state index is 12.5. The van der Waals surface area contributed by atoms with Crippen LogP contribution in [0.2, 0.25) is 0 Å². The van der Waals surface area contributed by atoms with Crippen molar-refractivity contribution in [1.29, 1.82) is 0 Å². The zero-order valence-corrected chi connectivity index (χ0v) is 16.8. The molecule has 0 aliphatic carbocycles. The molecule has 7 heteroatoms. The standard InChI is InChI=1S/C19H15N4O2.Y/c24-19(22-15-4-2-1-3-5-15)23-11-9-14-12-16(6-7-17(14)23)25-18-8-10-20-13-21-18;/h1-8,12-13H,9,11H2,(H,22,24);/q-1;. The minimum Gasteiger partial charge on any atom is -0.499 e. The maximum Gasteiger partial charge on any atom is 0.326 e. The third-order valence-corrected chi connectivity index (χ3v) is 3.94. The number of carbonyl (C=O) groups is 1. The molecule has 0 unspecified atom stereocenters. The molecule has 2 amide bonds. The number of anilines is 2. The Morgan fingerprint density at radius 1 is 1.19 bits per heavy atom. The van der Waals surface area contributed by atoms with Gasteiger partial charge in [-0.15, -0.1) is 0 Å². The minimum atomic E-state index is -0.135. The van der Waals surface area contributed by atoms with E-state index in [1.54, 1.807) is 11.0 Å². The summed E-state index contributed by atoms with van der Waals surface area (Å²) in [7, 11) is 0. The van der Waals surface area contributed by atoms with Gasteiger partial charge in [-0.1, -0.05) is 30.5 Å². The molecule has 26 heavy (non-hydrogen) atoms. The summed E-state index contributed by atoms with van der Waals surface area (Å²) in [4.78, 5) is 22.0. The second-order valence-corrected chi connectivity index (χ2v) is 5.58. The van der Waals surface area contributed by atoms with Crippen molar-refractivity contribution in [2.75, 3.05) is 16.8 Å². The molecule has 6 nitrogen and oxygen atoms in total. The summed E-state index contributed by atoms with van der Waals surface area (Å²) < 4.78 is 5.69. The number of hydrogen-bond donors (Lipinski definition) is 1. The summed E-state index contributed by atoms with van der Waals surface area (Å²) >= 11 is 0. The van der Waals surface area contributed by atoms with E-state index in [2.05, 4.69) is 21.5 Å².